The first-order valence-corrected chi connectivity index (χ1v) is 10.7. The van der Waals surface area contributed by atoms with Crippen LogP contribution in [0, 0.1) is 13.8 Å². The van der Waals surface area contributed by atoms with Gasteiger partial charge in [0.25, 0.3) is 0 Å². The smallest absolute Gasteiger partial charge is 0.170 e. The van der Waals surface area contributed by atoms with E-state index in [2.05, 4.69) is 64.8 Å². The van der Waals surface area contributed by atoms with Crippen LogP contribution >= 0.6 is 23.8 Å². The normalized spacial score (nSPS) is 18.9. The molecule has 0 saturated carbocycles. The molecule has 2 aromatic heterocycles. The van der Waals surface area contributed by atoms with E-state index in [0.29, 0.717) is 0 Å². The third-order valence-electron chi connectivity index (χ3n) is 5.54. The Morgan fingerprint density at radius 3 is 2.55 bits per heavy atom. The van der Waals surface area contributed by atoms with Crippen LogP contribution in [-0.2, 0) is 0 Å². The van der Waals surface area contributed by atoms with Gasteiger partial charge in [-0.15, -0.1) is 0 Å². The summed E-state index contributed by atoms with van der Waals surface area (Å²) in [6.45, 7) is 7.42. The molecule has 3 heterocycles. The molecular formula is C23H25ClN4S. The van der Waals surface area contributed by atoms with Crippen molar-refractivity contribution in [3.63, 3.8) is 0 Å². The van der Waals surface area contributed by atoms with Crippen LogP contribution in [0.2, 0.25) is 5.02 Å². The van der Waals surface area contributed by atoms with Crippen molar-refractivity contribution in [1.29, 1.82) is 0 Å². The molecule has 4 rings (SSSR count). The van der Waals surface area contributed by atoms with E-state index in [0.717, 1.165) is 34.5 Å². The predicted octanol–water partition coefficient (Wildman–Crippen LogP) is 5.53. The molecule has 4 nitrogen and oxygen atoms in total. The van der Waals surface area contributed by atoms with E-state index in [4.69, 9.17) is 23.8 Å². The van der Waals surface area contributed by atoms with E-state index >= 15 is 0 Å². The van der Waals surface area contributed by atoms with Crippen molar-refractivity contribution < 1.29 is 0 Å². The lowest BCUT2D eigenvalue weighted by atomic mass is 9.96. The molecule has 1 saturated heterocycles. The van der Waals surface area contributed by atoms with Crippen molar-refractivity contribution in [2.75, 3.05) is 6.54 Å². The van der Waals surface area contributed by atoms with Crippen LogP contribution in [0.1, 0.15) is 48.1 Å². The molecule has 1 aliphatic heterocycles. The van der Waals surface area contributed by atoms with E-state index in [1.54, 1.807) is 0 Å². The second-order valence-corrected chi connectivity index (χ2v) is 8.28. The maximum atomic E-state index is 6.10. The summed E-state index contributed by atoms with van der Waals surface area (Å²) in [4.78, 5) is 6.93. The minimum Gasteiger partial charge on any atom is -0.352 e. The minimum atomic E-state index is 0.0226. The first-order chi connectivity index (χ1) is 14.0. The minimum absolute atomic E-state index is 0.0226. The van der Waals surface area contributed by atoms with Crippen LogP contribution in [0.15, 0.2) is 54.7 Å². The molecule has 1 N–H and O–H groups in total. The van der Waals surface area contributed by atoms with Crippen LogP contribution in [0.25, 0.3) is 5.69 Å². The van der Waals surface area contributed by atoms with E-state index in [1.165, 1.54) is 17.0 Å². The Hall–Kier alpha value is -2.37. The van der Waals surface area contributed by atoms with Crippen LogP contribution in [0.4, 0.5) is 0 Å². The third kappa shape index (κ3) is 3.65. The Bertz CT molecular complexity index is 1010. The second kappa shape index (κ2) is 8.17. The van der Waals surface area contributed by atoms with Crippen molar-refractivity contribution in [3.8, 4) is 5.69 Å². The molecule has 0 bridgehead atoms. The van der Waals surface area contributed by atoms with Crippen molar-refractivity contribution in [3.05, 3.63) is 82.4 Å². The Balaban J connectivity index is 1.82. The number of rotatable bonds is 5. The number of nitrogens with zero attached hydrogens (tertiary/aromatic N) is 3. The quantitative estimate of drug-likeness (QED) is 0.546. The van der Waals surface area contributed by atoms with Gasteiger partial charge in [0.1, 0.15) is 0 Å². The average Bonchev–Trinajstić information content (AvgIpc) is 3.20. The van der Waals surface area contributed by atoms with E-state index in [9.17, 15) is 0 Å². The zero-order valence-corrected chi connectivity index (χ0v) is 18.5. The van der Waals surface area contributed by atoms with E-state index < -0.39 is 0 Å². The highest BCUT2D eigenvalue weighted by Gasteiger charge is 2.40. The number of aromatic nitrogens is 2. The summed E-state index contributed by atoms with van der Waals surface area (Å²) in [5.41, 5.74) is 5.79. The number of aryl methyl sites for hydroxylation is 1. The number of hydrogen-bond acceptors (Lipinski definition) is 2. The summed E-state index contributed by atoms with van der Waals surface area (Å²) in [5.74, 6) is 0. The van der Waals surface area contributed by atoms with Gasteiger partial charge >= 0.3 is 0 Å². The molecule has 1 fully saturated rings. The zero-order valence-electron chi connectivity index (χ0n) is 16.9. The molecule has 0 spiro atoms. The number of hydrogen-bond donors (Lipinski definition) is 1. The second-order valence-electron chi connectivity index (χ2n) is 7.46. The van der Waals surface area contributed by atoms with Crippen LogP contribution in [-0.4, -0.2) is 26.1 Å². The number of pyridine rings is 1. The first-order valence-electron chi connectivity index (χ1n) is 9.94. The van der Waals surface area contributed by atoms with Gasteiger partial charge in [-0.25, -0.2) is 0 Å². The Morgan fingerprint density at radius 2 is 1.90 bits per heavy atom. The fourth-order valence-corrected chi connectivity index (χ4v) is 4.76. The summed E-state index contributed by atoms with van der Waals surface area (Å²) < 4.78 is 2.28. The molecule has 150 valence electrons. The fraction of sp³-hybridized carbons (Fsp3) is 0.304. The SMILES string of the molecule is CCCN1C(=S)N[C@H](c2ccccn2)[C@H]1c1cc(C)n(-c2ccc(Cl)cc2)c1C. The maximum absolute atomic E-state index is 6.10. The molecule has 0 amide bonds. The summed E-state index contributed by atoms with van der Waals surface area (Å²) in [6, 6.07) is 16.4. The number of halogens is 1. The lowest BCUT2D eigenvalue weighted by molar-refractivity contribution is 0.316. The monoisotopic (exact) mass is 424 g/mol. The first kappa shape index (κ1) is 19.9. The Morgan fingerprint density at radius 1 is 1.14 bits per heavy atom. The van der Waals surface area contributed by atoms with Crippen molar-refractivity contribution >= 4 is 28.9 Å². The van der Waals surface area contributed by atoms with Gasteiger partial charge in [0, 0.05) is 34.8 Å². The molecule has 3 aromatic rings. The molecule has 0 radical (unpaired) electrons. The summed E-state index contributed by atoms with van der Waals surface area (Å²) in [6.07, 6.45) is 2.87. The van der Waals surface area contributed by atoms with Gasteiger partial charge in [-0.3, -0.25) is 4.98 Å². The van der Waals surface area contributed by atoms with Crippen molar-refractivity contribution in [2.24, 2.45) is 0 Å². The highest BCUT2D eigenvalue weighted by Crippen LogP contribution is 2.41. The van der Waals surface area contributed by atoms with Crippen molar-refractivity contribution in [2.45, 2.75) is 39.3 Å². The number of benzene rings is 1. The molecule has 2 atom stereocenters. The highest BCUT2D eigenvalue weighted by molar-refractivity contribution is 7.80. The molecule has 1 aromatic carbocycles. The standard InChI is InChI=1S/C23H25ClN4S/c1-4-13-27-22(21(26-23(27)29)20-7-5-6-12-25-20)19-14-15(2)28(16(19)3)18-10-8-17(24)9-11-18/h5-12,14,21-22H,4,13H2,1-3H3,(H,26,29)/t21-,22-/m1/s1. The molecule has 6 heteroatoms. The van der Waals surface area contributed by atoms with Crippen LogP contribution < -0.4 is 5.32 Å². The van der Waals surface area contributed by atoms with Gasteiger partial charge in [0.2, 0.25) is 0 Å². The average molecular weight is 425 g/mol. The van der Waals surface area contributed by atoms with E-state index in [1.807, 2.05) is 30.5 Å². The molecule has 29 heavy (non-hydrogen) atoms. The molecular weight excluding hydrogens is 400 g/mol. The van der Waals surface area contributed by atoms with Gasteiger partial charge in [-0.1, -0.05) is 24.6 Å². The van der Waals surface area contributed by atoms with Gasteiger partial charge < -0.3 is 14.8 Å². The van der Waals surface area contributed by atoms with E-state index in [-0.39, 0.29) is 12.1 Å². The summed E-state index contributed by atoms with van der Waals surface area (Å²) in [5, 5.41) is 5.06. The fourth-order valence-electron chi connectivity index (χ4n) is 4.30. The number of thiocarbonyl (C=S) groups is 1. The lowest BCUT2D eigenvalue weighted by Gasteiger charge is -2.27. The highest BCUT2D eigenvalue weighted by atomic mass is 35.5. The third-order valence-corrected chi connectivity index (χ3v) is 6.14. The summed E-state index contributed by atoms with van der Waals surface area (Å²) in [7, 11) is 0. The van der Waals surface area contributed by atoms with Gasteiger partial charge in [-0.2, -0.15) is 0 Å². The zero-order chi connectivity index (χ0) is 20.5. The Labute approximate surface area is 182 Å². The maximum Gasteiger partial charge on any atom is 0.170 e. The van der Waals surface area contributed by atoms with Gasteiger partial charge in [0.05, 0.1) is 17.8 Å². The Kier molecular flexibility index (Phi) is 5.61. The predicted molar refractivity (Wildman–Crippen MR) is 123 cm³/mol. The van der Waals surface area contributed by atoms with Gasteiger partial charge in [-0.05, 0) is 80.5 Å². The number of nitrogens with one attached hydrogen (secondary N) is 1. The molecule has 1 aliphatic rings. The van der Waals surface area contributed by atoms with Crippen molar-refractivity contribution in [1.82, 2.24) is 19.8 Å². The summed E-state index contributed by atoms with van der Waals surface area (Å²) >= 11 is 11.8. The lowest BCUT2D eigenvalue weighted by Crippen LogP contribution is -2.30. The van der Waals surface area contributed by atoms with Crippen LogP contribution in [0.3, 0.4) is 0 Å². The largest absolute Gasteiger partial charge is 0.352 e. The molecule has 0 aliphatic carbocycles. The topological polar surface area (TPSA) is 33.1 Å². The molecule has 0 unspecified atom stereocenters. The van der Waals surface area contributed by atoms with Gasteiger partial charge in [0.15, 0.2) is 5.11 Å². The van der Waals surface area contributed by atoms with Crippen LogP contribution in [0.5, 0.6) is 0 Å².